The minimum Gasteiger partial charge on any atom is -0.481 e. The lowest BCUT2D eigenvalue weighted by Crippen LogP contribution is -2.57. The van der Waals surface area contributed by atoms with Crippen LogP contribution in [-0.2, 0) is 14.4 Å². The Balaban J connectivity index is 2.04. The van der Waals surface area contributed by atoms with Gasteiger partial charge in [-0.25, -0.2) is 0 Å². The number of likely N-dealkylation sites (tertiary alicyclic amines) is 1. The van der Waals surface area contributed by atoms with Crippen LogP contribution in [0.2, 0.25) is 0 Å². The number of carboxylic acid groups (broad SMARTS) is 1. The number of aliphatic hydroxyl groups excluding tert-OH is 1. The van der Waals surface area contributed by atoms with Gasteiger partial charge in [0, 0.05) is 24.9 Å². The molecule has 1 spiro atoms. The van der Waals surface area contributed by atoms with E-state index in [1.807, 2.05) is 6.92 Å². The third-order valence-corrected chi connectivity index (χ3v) is 8.62. The fourth-order valence-electron chi connectivity index (χ4n) is 5.40. The average Bonchev–Trinajstić information content (AvgIpc) is 3.23. The highest BCUT2D eigenvalue weighted by Gasteiger charge is 2.76. The lowest BCUT2D eigenvalue weighted by atomic mass is 9.66. The van der Waals surface area contributed by atoms with Crippen LogP contribution in [0.15, 0.2) is 12.7 Å². The van der Waals surface area contributed by atoms with Gasteiger partial charge in [0.15, 0.2) is 0 Å². The summed E-state index contributed by atoms with van der Waals surface area (Å²) in [7, 11) is 0. The van der Waals surface area contributed by atoms with Crippen LogP contribution < -0.4 is 0 Å². The summed E-state index contributed by atoms with van der Waals surface area (Å²) in [6, 6.07) is -0.733. The number of carbonyl (C=O) groups is 3. The number of hydrogen-bond acceptors (Lipinski definition) is 5. The van der Waals surface area contributed by atoms with Crippen LogP contribution in [0.25, 0.3) is 0 Å². The number of fused-ring (bicyclic) bond motifs is 1. The molecule has 3 saturated heterocycles. The van der Waals surface area contributed by atoms with E-state index in [9.17, 15) is 24.6 Å². The van der Waals surface area contributed by atoms with Crippen molar-refractivity contribution in [3.05, 3.63) is 12.7 Å². The Kier molecular flexibility index (Phi) is 6.10. The van der Waals surface area contributed by atoms with Gasteiger partial charge in [-0.3, -0.25) is 14.4 Å². The van der Waals surface area contributed by atoms with Crippen molar-refractivity contribution in [1.82, 2.24) is 9.80 Å². The van der Waals surface area contributed by atoms with Crippen LogP contribution >= 0.6 is 11.8 Å². The minimum absolute atomic E-state index is 0.0491. The molecule has 3 unspecified atom stereocenters. The zero-order valence-corrected chi connectivity index (χ0v) is 17.4. The highest BCUT2D eigenvalue weighted by molar-refractivity contribution is 8.02. The zero-order valence-electron chi connectivity index (χ0n) is 16.5. The molecule has 28 heavy (non-hydrogen) atoms. The van der Waals surface area contributed by atoms with Gasteiger partial charge in [-0.2, -0.15) is 0 Å². The maximum Gasteiger partial charge on any atom is 0.308 e. The predicted molar refractivity (Wildman–Crippen MR) is 107 cm³/mol. The van der Waals surface area contributed by atoms with E-state index in [4.69, 9.17) is 0 Å². The number of nitrogens with zero attached hydrogens (tertiary/aromatic N) is 2. The number of amides is 2. The molecule has 3 fully saturated rings. The van der Waals surface area contributed by atoms with Crippen LogP contribution in [0.1, 0.15) is 33.1 Å². The summed E-state index contributed by atoms with van der Waals surface area (Å²) in [6.07, 6.45) is 4.16. The molecule has 8 heteroatoms. The van der Waals surface area contributed by atoms with Crippen LogP contribution in [0.3, 0.4) is 0 Å². The number of rotatable bonds is 9. The maximum atomic E-state index is 13.7. The van der Waals surface area contributed by atoms with Crippen LogP contribution in [0.4, 0.5) is 0 Å². The molecular weight excluding hydrogens is 380 g/mol. The van der Waals surface area contributed by atoms with E-state index in [1.165, 1.54) is 16.7 Å². The Hall–Kier alpha value is -1.54. The van der Waals surface area contributed by atoms with E-state index >= 15 is 0 Å². The van der Waals surface area contributed by atoms with E-state index in [0.717, 1.165) is 12.8 Å². The molecule has 0 aromatic heterocycles. The van der Waals surface area contributed by atoms with Gasteiger partial charge in [0.2, 0.25) is 11.8 Å². The summed E-state index contributed by atoms with van der Waals surface area (Å²) < 4.78 is -0.733. The number of unbranched alkanes of at least 4 members (excludes halogenated alkanes) is 1. The third kappa shape index (κ3) is 2.96. The first-order valence-corrected chi connectivity index (χ1v) is 10.9. The van der Waals surface area contributed by atoms with E-state index in [2.05, 4.69) is 13.5 Å². The summed E-state index contributed by atoms with van der Waals surface area (Å²) in [5.41, 5.74) is 0. The molecule has 0 radical (unpaired) electrons. The summed E-state index contributed by atoms with van der Waals surface area (Å²) in [4.78, 5) is 42.1. The standard InChI is InChI=1S/C20H30N2O5S/c1-4-6-8-21(7-5-2)18(25)16-20-12(3)11-13(28-20)14(19(26)27)15(20)17(24)22(16)9-10-23/h5,12-16,23H,2,4,6-11H2,1,3H3,(H,26,27)/t12?,13-,14+,15-,16?,20?/m0/s1. The molecule has 2 amide bonds. The second-order valence-corrected chi connectivity index (χ2v) is 9.62. The topological polar surface area (TPSA) is 98.2 Å². The van der Waals surface area contributed by atoms with Gasteiger partial charge in [0.25, 0.3) is 0 Å². The summed E-state index contributed by atoms with van der Waals surface area (Å²) in [5.74, 6) is -2.83. The number of β-amino-alcohol motifs (C(OH)–C–C–N with tert-alkyl or cyclic N) is 1. The van der Waals surface area contributed by atoms with Crippen LogP contribution in [-0.4, -0.2) is 80.1 Å². The van der Waals surface area contributed by atoms with Gasteiger partial charge in [-0.1, -0.05) is 26.3 Å². The van der Waals surface area contributed by atoms with Crippen molar-refractivity contribution >= 4 is 29.5 Å². The van der Waals surface area contributed by atoms with Crippen molar-refractivity contribution in [2.45, 2.75) is 49.1 Å². The fraction of sp³-hybridized carbons (Fsp3) is 0.750. The molecule has 3 aliphatic heterocycles. The van der Waals surface area contributed by atoms with Crippen molar-refractivity contribution in [3.8, 4) is 0 Å². The largest absolute Gasteiger partial charge is 0.481 e. The summed E-state index contributed by atoms with van der Waals surface area (Å²) >= 11 is 1.52. The highest BCUT2D eigenvalue weighted by Crippen LogP contribution is 2.68. The maximum absolute atomic E-state index is 13.7. The molecule has 2 bridgehead atoms. The Morgan fingerprint density at radius 2 is 2.18 bits per heavy atom. The van der Waals surface area contributed by atoms with Crippen molar-refractivity contribution < 1.29 is 24.6 Å². The smallest absolute Gasteiger partial charge is 0.308 e. The van der Waals surface area contributed by atoms with Crippen molar-refractivity contribution in [3.63, 3.8) is 0 Å². The van der Waals surface area contributed by atoms with E-state index in [1.54, 1.807) is 11.0 Å². The SMILES string of the molecule is C=CCN(CCCC)C(=O)C1N(CCO)C(=O)[C@@H]2[C@H](C(=O)O)[C@@H]3CC(C)C12S3. The lowest BCUT2D eigenvalue weighted by molar-refractivity contribution is -0.149. The van der Waals surface area contributed by atoms with E-state index in [-0.39, 0.29) is 36.1 Å². The normalized spacial score (nSPS) is 35.9. The molecular formula is C20H30N2O5S. The number of aliphatic hydroxyl groups is 1. The van der Waals surface area contributed by atoms with Gasteiger partial charge in [-0.05, 0) is 18.8 Å². The molecule has 3 heterocycles. The molecule has 0 aliphatic carbocycles. The average molecular weight is 411 g/mol. The summed E-state index contributed by atoms with van der Waals surface area (Å²) in [6.45, 7) is 8.59. The molecule has 156 valence electrons. The molecule has 2 N–H and O–H groups in total. The Morgan fingerprint density at radius 3 is 2.75 bits per heavy atom. The van der Waals surface area contributed by atoms with Crippen molar-refractivity contribution in [2.75, 3.05) is 26.2 Å². The molecule has 7 nitrogen and oxygen atoms in total. The number of hydrogen-bond donors (Lipinski definition) is 2. The van der Waals surface area contributed by atoms with E-state index in [0.29, 0.717) is 19.5 Å². The molecule has 3 rings (SSSR count). The summed E-state index contributed by atoms with van der Waals surface area (Å²) in [5, 5.41) is 19.2. The number of thioether (sulfide) groups is 1. The quantitative estimate of drug-likeness (QED) is 0.555. The molecule has 0 saturated carbocycles. The van der Waals surface area contributed by atoms with Gasteiger partial charge in [0.1, 0.15) is 6.04 Å². The minimum atomic E-state index is -0.962. The monoisotopic (exact) mass is 410 g/mol. The number of carbonyl (C=O) groups excluding carboxylic acids is 2. The highest BCUT2D eigenvalue weighted by atomic mass is 32.2. The Morgan fingerprint density at radius 1 is 1.46 bits per heavy atom. The van der Waals surface area contributed by atoms with Crippen molar-refractivity contribution in [2.24, 2.45) is 17.8 Å². The molecule has 6 atom stereocenters. The van der Waals surface area contributed by atoms with Crippen molar-refractivity contribution in [1.29, 1.82) is 0 Å². The number of aliphatic carboxylic acids is 1. The van der Waals surface area contributed by atoms with Crippen LogP contribution in [0.5, 0.6) is 0 Å². The van der Waals surface area contributed by atoms with Gasteiger partial charge in [0.05, 0.1) is 23.2 Å². The fourth-order valence-corrected chi connectivity index (χ4v) is 7.81. The first kappa shape index (κ1) is 21.2. The van der Waals surface area contributed by atoms with Gasteiger partial charge < -0.3 is 20.0 Å². The predicted octanol–water partition coefficient (Wildman–Crippen LogP) is 1.22. The Labute approximate surface area is 170 Å². The zero-order chi connectivity index (χ0) is 20.6. The van der Waals surface area contributed by atoms with Gasteiger partial charge >= 0.3 is 5.97 Å². The third-order valence-electron chi connectivity index (χ3n) is 6.55. The molecule has 0 aromatic rings. The lowest BCUT2D eigenvalue weighted by Gasteiger charge is -2.40. The second kappa shape index (κ2) is 8.06. The first-order valence-electron chi connectivity index (χ1n) is 10.1. The Bertz CT molecular complexity index is 671. The molecule has 0 aromatic carbocycles. The van der Waals surface area contributed by atoms with Gasteiger partial charge in [-0.15, -0.1) is 18.3 Å². The van der Waals surface area contributed by atoms with Crippen LogP contribution in [0, 0.1) is 17.8 Å². The second-order valence-electron chi connectivity index (χ2n) is 8.07. The number of carboxylic acids is 1. The van der Waals surface area contributed by atoms with E-state index < -0.39 is 28.6 Å². The molecule has 3 aliphatic rings. The first-order chi connectivity index (χ1) is 13.3.